The molecule has 2 aromatic rings. The summed E-state index contributed by atoms with van der Waals surface area (Å²) in [6.07, 6.45) is 0.887. The van der Waals surface area contributed by atoms with Crippen molar-refractivity contribution in [1.82, 2.24) is 10.4 Å². The van der Waals surface area contributed by atoms with E-state index in [1.54, 1.807) is 11.3 Å². The van der Waals surface area contributed by atoms with Crippen LogP contribution in [-0.4, -0.2) is 4.98 Å². The molecule has 0 fully saturated rings. The first-order valence-corrected chi connectivity index (χ1v) is 7.44. The molecule has 2 rings (SSSR count). The SMILES string of the molecule is Cc1ncsc1C(Cc1ccc(C(C)C)cc1)NN. The number of hydrazine groups is 1. The van der Waals surface area contributed by atoms with Crippen molar-refractivity contribution < 1.29 is 0 Å². The third-order valence-corrected chi connectivity index (χ3v) is 4.43. The summed E-state index contributed by atoms with van der Waals surface area (Å²) in [7, 11) is 0. The lowest BCUT2D eigenvalue weighted by Crippen LogP contribution is -2.29. The summed E-state index contributed by atoms with van der Waals surface area (Å²) in [6.45, 7) is 6.44. The first-order valence-electron chi connectivity index (χ1n) is 6.56. The van der Waals surface area contributed by atoms with Crippen LogP contribution in [0.25, 0.3) is 0 Å². The van der Waals surface area contributed by atoms with E-state index in [0.717, 1.165) is 12.1 Å². The number of aryl methyl sites for hydroxylation is 1. The van der Waals surface area contributed by atoms with Crippen LogP contribution in [0, 0.1) is 6.92 Å². The molecule has 102 valence electrons. The molecule has 1 heterocycles. The number of aromatic nitrogens is 1. The van der Waals surface area contributed by atoms with Gasteiger partial charge in [0.15, 0.2) is 0 Å². The van der Waals surface area contributed by atoms with Crippen LogP contribution in [0.2, 0.25) is 0 Å². The summed E-state index contributed by atoms with van der Waals surface area (Å²) in [5.74, 6) is 6.26. The zero-order valence-electron chi connectivity index (χ0n) is 11.7. The minimum atomic E-state index is 0.136. The van der Waals surface area contributed by atoms with Gasteiger partial charge < -0.3 is 0 Å². The van der Waals surface area contributed by atoms with Crippen molar-refractivity contribution in [3.05, 3.63) is 51.5 Å². The molecule has 1 unspecified atom stereocenters. The van der Waals surface area contributed by atoms with E-state index in [1.165, 1.54) is 16.0 Å². The summed E-state index contributed by atoms with van der Waals surface area (Å²) in [5, 5.41) is 0. The molecule has 0 saturated heterocycles. The first kappa shape index (κ1) is 14.2. The number of nitrogens with two attached hydrogens (primary N) is 1. The number of nitrogens with one attached hydrogen (secondary N) is 1. The van der Waals surface area contributed by atoms with E-state index in [2.05, 4.69) is 48.5 Å². The van der Waals surface area contributed by atoms with Crippen LogP contribution in [-0.2, 0) is 6.42 Å². The molecule has 4 heteroatoms. The number of nitrogens with zero attached hydrogens (tertiary/aromatic N) is 1. The summed E-state index contributed by atoms with van der Waals surface area (Å²) < 4.78 is 0. The molecule has 3 N–H and O–H groups in total. The normalized spacial score (nSPS) is 12.9. The minimum Gasteiger partial charge on any atom is -0.271 e. The molecular formula is C15H21N3S. The molecule has 0 saturated carbocycles. The number of benzene rings is 1. The summed E-state index contributed by atoms with van der Waals surface area (Å²) >= 11 is 1.66. The van der Waals surface area contributed by atoms with Gasteiger partial charge in [0.1, 0.15) is 0 Å². The molecule has 0 spiro atoms. The van der Waals surface area contributed by atoms with E-state index in [0.29, 0.717) is 5.92 Å². The van der Waals surface area contributed by atoms with E-state index in [-0.39, 0.29) is 6.04 Å². The number of hydrogen-bond donors (Lipinski definition) is 2. The maximum absolute atomic E-state index is 5.69. The van der Waals surface area contributed by atoms with Gasteiger partial charge in [-0.3, -0.25) is 11.3 Å². The Bertz CT molecular complexity index is 516. The smallest absolute Gasteiger partial charge is 0.0798 e. The van der Waals surface area contributed by atoms with Crippen molar-refractivity contribution in [2.75, 3.05) is 0 Å². The molecule has 1 aromatic carbocycles. The van der Waals surface area contributed by atoms with Crippen molar-refractivity contribution in [1.29, 1.82) is 0 Å². The maximum Gasteiger partial charge on any atom is 0.0798 e. The summed E-state index contributed by atoms with van der Waals surface area (Å²) in [5.41, 5.74) is 8.50. The third kappa shape index (κ3) is 3.41. The van der Waals surface area contributed by atoms with E-state index in [1.807, 2.05) is 12.4 Å². The average molecular weight is 275 g/mol. The van der Waals surface area contributed by atoms with Gasteiger partial charge in [-0.25, -0.2) is 4.98 Å². The van der Waals surface area contributed by atoms with Crippen LogP contribution in [0.15, 0.2) is 29.8 Å². The van der Waals surface area contributed by atoms with Crippen LogP contribution in [0.3, 0.4) is 0 Å². The fraction of sp³-hybridized carbons (Fsp3) is 0.400. The highest BCUT2D eigenvalue weighted by atomic mass is 32.1. The molecule has 1 aromatic heterocycles. The molecule has 3 nitrogen and oxygen atoms in total. The Morgan fingerprint density at radius 2 is 1.95 bits per heavy atom. The fourth-order valence-electron chi connectivity index (χ4n) is 2.15. The zero-order valence-corrected chi connectivity index (χ0v) is 12.5. The molecule has 0 amide bonds. The second-order valence-electron chi connectivity index (χ2n) is 5.12. The molecule has 0 bridgehead atoms. The van der Waals surface area contributed by atoms with Crippen LogP contribution >= 0.6 is 11.3 Å². The Hall–Kier alpha value is -1.23. The first-order chi connectivity index (χ1) is 9.11. The highest BCUT2D eigenvalue weighted by molar-refractivity contribution is 7.09. The van der Waals surface area contributed by atoms with Crippen molar-refractivity contribution in [3.63, 3.8) is 0 Å². The van der Waals surface area contributed by atoms with E-state index < -0.39 is 0 Å². The lowest BCUT2D eigenvalue weighted by molar-refractivity contribution is 0.557. The largest absolute Gasteiger partial charge is 0.271 e. The Kier molecular flexibility index (Phi) is 4.69. The molecule has 0 aliphatic heterocycles. The van der Waals surface area contributed by atoms with Gasteiger partial charge >= 0.3 is 0 Å². The highest BCUT2D eigenvalue weighted by Gasteiger charge is 2.15. The predicted octanol–water partition coefficient (Wildman–Crippen LogP) is 3.32. The van der Waals surface area contributed by atoms with Crippen LogP contribution in [0.5, 0.6) is 0 Å². The van der Waals surface area contributed by atoms with Crippen LogP contribution in [0.1, 0.15) is 47.5 Å². The van der Waals surface area contributed by atoms with Gasteiger partial charge in [0.25, 0.3) is 0 Å². The van der Waals surface area contributed by atoms with Gasteiger partial charge in [-0.2, -0.15) is 0 Å². The quantitative estimate of drug-likeness (QED) is 0.650. The van der Waals surface area contributed by atoms with Gasteiger partial charge in [0.05, 0.1) is 17.2 Å². The van der Waals surface area contributed by atoms with Crippen molar-refractivity contribution in [2.45, 2.75) is 39.2 Å². The lowest BCUT2D eigenvalue weighted by atomic mass is 9.98. The van der Waals surface area contributed by atoms with Gasteiger partial charge in [-0.1, -0.05) is 38.1 Å². The second-order valence-corrected chi connectivity index (χ2v) is 6.01. The molecule has 0 radical (unpaired) electrons. The van der Waals surface area contributed by atoms with Gasteiger partial charge in [0, 0.05) is 4.88 Å². The van der Waals surface area contributed by atoms with Crippen molar-refractivity contribution >= 4 is 11.3 Å². The van der Waals surface area contributed by atoms with E-state index in [4.69, 9.17) is 5.84 Å². The van der Waals surface area contributed by atoms with Crippen LogP contribution < -0.4 is 11.3 Å². The minimum absolute atomic E-state index is 0.136. The predicted molar refractivity (Wildman–Crippen MR) is 81.2 cm³/mol. The lowest BCUT2D eigenvalue weighted by Gasteiger charge is -2.15. The summed E-state index contributed by atoms with van der Waals surface area (Å²) in [4.78, 5) is 5.51. The molecule has 19 heavy (non-hydrogen) atoms. The van der Waals surface area contributed by atoms with Gasteiger partial charge in [0.2, 0.25) is 0 Å². The van der Waals surface area contributed by atoms with E-state index >= 15 is 0 Å². The highest BCUT2D eigenvalue weighted by Crippen LogP contribution is 2.25. The maximum atomic E-state index is 5.69. The molecule has 0 aliphatic rings. The van der Waals surface area contributed by atoms with Crippen molar-refractivity contribution in [3.8, 4) is 0 Å². The van der Waals surface area contributed by atoms with E-state index in [9.17, 15) is 0 Å². The third-order valence-electron chi connectivity index (χ3n) is 3.39. The van der Waals surface area contributed by atoms with Crippen molar-refractivity contribution in [2.24, 2.45) is 5.84 Å². The summed E-state index contributed by atoms with van der Waals surface area (Å²) in [6, 6.07) is 8.92. The van der Waals surface area contributed by atoms with Crippen LogP contribution in [0.4, 0.5) is 0 Å². The van der Waals surface area contributed by atoms with Gasteiger partial charge in [-0.05, 0) is 30.4 Å². The zero-order chi connectivity index (χ0) is 13.8. The van der Waals surface area contributed by atoms with Gasteiger partial charge in [-0.15, -0.1) is 11.3 Å². The number of rotatable bonds is 5. The molecule has 1 atom stereocenters. The second kappa shape index (κ2) is 6.28. The molecular weight excluding hydrogens is 254 g/mol. The average Bonchev–Trinajstić information content (AvgIpc) is 2.83. The standard InChI is InChI=1S/C15H21N3S/c1-10(2)13-6-4-12(5-7-13)8-14(18-16)15-11(3)17-9-19-15/h4-7,9-10,14,18H,8,16H2,1-3H3. The molecule has 0 aliphatic carbocycles. The Morgan fingerprint density at radius 1 is 1.26 bits per heavy atom. The fourth-order valence-corrected chi connectivity index (χ4v) is 3.01. The number of hydrogen-bond acceptors (Lipinski definition) is 4. The topological polar surface area (TPSA) is 50.9 Å². The number of thiazole rings is 1. The Balaban J connectivity index is 2.13. The Morgan fingerprint density at radius 3 is 2.42 bits per heavy atom. The monoisotopic (exact) mass is 275 g/mol. The Labute approximate surface area is 118 Å².